The third-order valence-electron chi connectivity index (χ3n) is 4.24. The number of hydrogen-bond donors (Lipinski definition) is 0. The van der Waals surface area contributed by atoms with Crippen LogP contribution in [0.25, 0.3) is 11.1 Å². The van der Waals surface area contributed by atoms with E-state index in [-0.39, 0.29) is 5.41 Å². The monoisotopic (exact) mass is 272 g/mol. The van der Waals surface area contributed by atoms with E-state index in [2.05, 4.69) is 55.9 Å². The van der Waals surface area contributed by atoms with E-state index in [1.807, 2.05) is 0 Å². The Morgan fingerprint density at radius 2 is 1.90 bits per heavy atom. The fourth-order valence-corrected chi connectivity index (χ4v) is 2.86. The van der Waals surface area contributed by atoms with Gasteiger partial charge >= 0.3 is 0 Å². The highest BCUT2D eigenvalue weighted by atomic mass is 16.3. The van der Waals surface area contributed by atoms with Crippen molar-refractivity contribution in [1.29, 1.82) is 0 Å². The van der Waals surface area contributed by atoms with E-state index in [0.717, 1.165) is 17.0 Å². The molecule has 0 spiro atoms. The first-order valence-corrected chi connectivity index (χ1v) is 7.53. The lowest BCUT2D eigenvalue weighted by Gasteiger charge is -2.29. The number of fused-ring (bicyclic) bond motifs is 1. The number of oxazole rings is 1. The molecule has 1 aliphatic heterocycles. The van der Waals surface area contributed by atoms with Gasteiger partial charge in [-0.25, -0.2) is 4.98 Å². The Hall–Kier alpha value is -1.35. The zero-order valence-corrected chi connectivity index (χ0v) is 12.9. The molecule has 2 aromatic rings. The molecule has 108 valence electrons. The van der Waals surface area contributed by atoms with Crippen LogP contribution >= 0.6 is 0 Å². The van der Waals surface area contributed by atoms with Crippen molar-refractivity contribution in [3.05, 3.63) is 29.7 Å². The largest absolute Gasteiger partial charge is 0.440 e. The molecule has 0 radical (unpaired) electrons. The van der Waals surface area contributed by atoms with Gasteiger partial charge in [-0.1, -0.05) is 26.8 Å². The van der Waals surface area contributed by atoms with Gasteiger partial charge in [0.2, 0.25) is 5.89 Å². The molecule has 0 aliphatic carbocycles. The first kappa shape index (κ1) is 13.6. The van der Waals surface area contributed by atoms with Crippen molar-refractivity contribution in [3.8, 4) is 0 Å². The number of likely N-dealkylation sites (tertiary alicyclic amines) is 1. The van der Waals surface area contributed by atoms with Gasteiger partial charge in [-0.2, -0.15) is 0 Å². The van der Waals surface area contributed by atoms with Gasteiger partial charge in [0.05, 0.1) is 0 Å². The van der Waals surface area contributed by atoms with Gasteiger partial charge in [-0.05, 0) is 56.6 Å². The number of hydrogen-bond acceptors (Lipinski definition) is 3. The van der Waals surface area contributed by atoms with Crippen LogP contribution in [0.4, 0.5) is 0 Å². The summed E-state index contributed by atoms with van der Waals surface area (Å²) in [4.78, 5) is 7.08. The highest BCUT2D eigenvalue weighted by molar-refractivity contribution is 5.73. The minimum Gasteiger partial charge on any atom is -0.440 e. The summed E-state index contributed by atoms with van der Waals surface area (Å²) in [5.74, 6) is 1.50. The summed E-state index contributed by atoms with van der Waals surface area (Å²) >= 11 is 0. The van der Waals surface area contributed by atoms with Crippen molar-refractivity contribution in [1.82, 2.24) is 9.88 Å². The Kier molecular flexibility index (Phi) is 3.33. The lowest BCUT2D eigenvalue weighted by Crippen LogP contribution is -2.29. The van der Waals surface area contributed by atoms with Crippen LogP contribution in [-0.2, 0) is 5.41 Å². The van der Waals surface area contributed by atoms with Crippen molar-refractivity contribution in [2.75, 3.05) is 20.1 Å². The van der Waals surface area contributed by atoms with Gasteiger partial charge in [-0.3, -0.25) is 0 Å². The Bertz CT molecular complexity index is 601. The smallest absolute Gasteiger partial charge is 0.200 e. The van der Waals surface area contributed by atoms with Crippen LogP contribution in [0.2, 0.25) is 0 Å². The normalized spacial score (nSPS) is 18.8. The second-order valence-corrected chi connectivity index (χ2v) is 7.07. The van der Waals surface area contributed by atoms with Gasteiger partial charge in [0.25, 0.3) is 0 Å². The standard InChI is InChI=1S/C17H24N2O/c1-17(2,3)16-18-14-11-13(5-6-15(14)20-16)12-7-9-19(4)10-8-12/h5-6,11-12H,7-10H2,1-4H3. The highest BCUT2D eigenvalue weighted by Crippen LogP contribution is 2.31. The number of nitrogens with zero attached hydrogens (tertiary/aromatic N) is 2. The zero-order valence-electron chi connectivity index (χ0n) is 12.9. The Labute approximate surface area is 121 Å². The maximum Gasteiger partial charge on any atom is 0.200 e. The maximum absolute atomic E-state index is 5.87. The van der Waals surface area contributed by atoms with E-state index in [1.165, 1.54) is 31.5 Å². The predicted octanol–water partition coefficient (Wildman–Crippen LogP) is 3.93. The molecule has 3 heteroatoms. The van der Waals surface area contributed by atoms with Gasteiger partial charge in [-0.15, -0.1) is 0 Å². The van der Waals surface area contributed by atoms with Crippen LogP contribution < -0.4 is 0 Å². The van der Waals surface area contributed by atoms with Crippen molar-refractivity contribution >= 4 is 11.1 Å². The first-order chi connectivity index (χ1) is 9.43. The maximum atomic E-state index is 5.87. The summed E-state index contributed by atoms with van der Waals surface area (Å²) < 4.78 is 5.87. The number of rotatable bonds is 1. The summed E-state index contributed by atoms with van der Waals surface area (Å²) in [7, 11) is 2.20. The van der Waals surface area contributed by atoms with Crippen molar-refractivity contribution < 1.29 is 4.42 Å². The number of aromatic nitrogens is 1. The molecule has 3 nitrogen and oxygen atoms in total. The average molecular weight is 272 g/mol. The minimum absolute atomic E-state index is 0.0350. The molecule has 0 saturated carbocycles. The molecule has 1 aliphatic rings. The summed E-state index contributed by atoms with van der Waals surface area (Å²) in [5.41, 5.74) is 3.30. The Morgan fingerprint density at radius 3 is 2.55 bits per heavy atom. The molecule has 0 N–H and O–H groups in total. The molecule has 1 aromatic heterocycles. The molecule has 0 unspecified atom stereocenters. The molecule has 3 rings (SSSR count). The highest BCUT2D eigenvalue weighted by Gasteiger charge is 2.22. The molecule has 1 aromatic carbocycles. The van der Waals surface area contributed by atoms with Crippen LogP contribution in [-0.4, -0.2) is 30.0 Å². The van der Waals surface area contributed by atoms with Crippen LogP contribution in [0.15, 0.2) is 22.6 Å². The van der Waals surface area contributed by atoms with Crippen molar-refractivity contribution in [3.63, 3.8) is 0 Å². The molecule has 0 bridgehead atoms. The lowest BCUT2D eigenvalue weighted by atomic mass is 9.89. The summed E-state index contributed by atoms with van der Waals surface area (Å²) in [6.07, 6.45) is 2.48. The first-order valence-electron chi connectivity index (χ1n) is 7.53. The van der Waals surface area contributed by atoms with E-state index in [0.29, 0.717) is 5.92 Å². The van der Waals surface area contributed by atoms with Crippen LogP contribution in [0.1, 0.15) is 51.0 Å². The van der Waals surface area contributed by atoms with Gasteiger partial charge in [0.1, 0.15) is 5.52 Å². The van der Waals surface area contributed by atoms with Gasteiger partial charge in [0, 0.05) is 5.41 Å². The van der Waals surface area contributed by atoms with Gasteiger partial charge < -0.3 is 9.32 Å². The second kappa shape index (κ2) is 4.88. The third kappa shape index (κ3) is 2.59. The van der Waals surface area contributed by atoms with E-state index in [4.69, 9.17) is 4.42 Å². The summed E-state index contributed by atoms with van der Waals surface area (Å²) in [5, 5.41) is 0. The Morgan fingerprint density at radius 1 is 1.20 bits per heavy atom. The van der Waals surface area contributed by atoms with Crippen molar-refractivity contribution in [2.24, 2.45) is 0 Å². The van der Waals surface area contributed by atoms with Crippen LogP contribution in [0.5, 0.6) is 0 Å². The van der Waals surface area contributed by atoms with E-state index < -0.39 is 0 Å². The third-order valence-corrected chi connectivity index (χ3v) is 4.24. The molecule has 1 fully saturated rings. The SMILES string of the molecule is CN1CCC(c2ccc3oc(C(C)(C)C)nc3c2)CC1. The molecule has 2 heterocycles. The zero-order chi connectivity index (χ0) is 14.3. The van der Waals surface area contributed by atoms with Crippen molar-refractivity contribution in [2.45, 2.75) is 44.9 Å². The molecule has 0 amide bonds. The Balaban J connectivity index is 1.90. The number of piperidine rings is 1. The molecule has 20 heavy (non-hydrogen) atoms. The molecular formula is C17H24N2O. The quantitative estimate of drug-likeness (QED) is 0.787. The van der Waals surface area contributed by atoms with E-state index in [9.17, 15) is 0 Å². The lowest BCUT2D eigenvalue weighted by molar-refractivity contribution is 0.255. The molecular weight excluding hydrogens is 248 g/mol. The fraction of sp³-hybridized carbons (Fsp3) is 0.588. The topological polar surface area (TPSA) is 29.3 Å². The summed E-state index contributed by atoms with van der Waals surface area (Å²) in [6, 6.07) is 6.53. The van der Waals surface area contributed by atoms with Crippen LogP contribution in [0.3, 0.4) is 0 Å². The summed E-state index contributed by atoms with van der Waals surface area (Å²) in [6.45, 7) is 8.78. The average Bonchev–Trinajstić information content (AvgIpc) is 2.82. The molecule has 0 atom stereocenters. The van der Waals surface area contributed by atoms with E-state index in [1.54, 1.807) is 0 Å². The minimum atomic E-state index is -0.0350. The predicted molar refractivity (Wildman–Crippen MR) is 82.2 cm³/mol. The number of benzene rings is 1. The van der Waals surface area contributed by atoms with E-state index >= 15 is 0 Å². The van der Waals surface area contributed by atoms with Crippen LogP contribution in [0, 0.1) is 0 Å². The second-order valence-electron chi connectivity index (χ2n) is 7.07. The van der Waals surface area contributed by atoms with Gasteiger partial charge in [0.15, 0.2) is 5.58 Å². The fourth-order valence-electron chi connectivity index (χ4n) is 2.86. The molecule has 1 saturated heterocycles.